The number of amides is 3. The first-order valence-electron chi connectivity index (χ1n) is 13.9. The molecule has 0 saturated carbocycles. The Morgan fingerprint density at radius 3 is 2.39 bits per heavy atom. The quantitative estimate of drug-likeness (QED) is 0.360. The minimum Gasteiger partial charge on any atom is -0.453 e. The first-order valence-corrected chi connectivity index (χ1v) is 13.9. The largest absolute Gasteiger partial charge is 0.453 e. The van der Waals surface area contributed by atoms with Gasteiger partial charge in [-0.1, -0.05) is 48.5 Å². The second kappa shape index (κ2) is 12.3. The number of nitroso groups, excluding NO2 is 1. The van der Waals surface area contributed by atoms with Crippen molar-refractivity contribution in [3.63, 3.8) is 0 Å². The van der Waals surface area contributed by atoms with Gasteiger partial charge in [0.15, 0.2) is 6.54 Å². The first-order chi connectivity index (χ1) is 19.8. The Kier molecular flexibility index (Phi) is 8.42. The fourth-order valence-electron chi connectivity index (χ4n) is 5.48. The van der Waals surface area contributed by atoms with E-state index in [1.165, 1.54) is 7.11 Å². The molecule has 3 amide bonds. The number of ether oxygens (including phenoxy) is 1. The number of H-pyrrole nitrogens is 1. The van der Waals surface area contributed by atoms with Crippen molar-refractivity contribution >= 4 is 17.9 Å². The van der Waals surface area contributed by atoms with Crippen molar-refractivity contribution in [2.75, 3.05) is 20.2 Å². The molecule has 0 spiro atoms. The Balaban J connectivity index is 1.20. The Morgan fingerprint density at radius 2 is 1.73 bits per heavy atom. The molecule has 214 valence electrons. The highest BCUT2D eigenvalue weighted by atomic mass is 16.5. The maximum Gasteiger partial charge on any atom is 0.407 e. The van der Waals surface area contributed by atoms with Crippen molar-refractivity contribution in [2.45, 2.75) is 57.3 Å². The summed E-state index contributed by atoms with van der Waals surface area (Å²) in [6.45, 7) is 3.06. The topological polar surface area (TPSA) is 136 Å². The average Bonchev–Trinajstić information content (AvgIpc) is 3.77. The molecule has 3 aromatic rings. The molecule has 11 nitrogen and oxygen atoms in total. The molecule has 0 aliphatic carbocycles. The van der Waals surface area contributed by atoms with Crippen LogP contribution < -0.4 is 10.6 Å². The molecule has 3 N–H and O–H groups in total. The Hall–Kier alpha value is -4.54. The number of hydrogen-bond acceptors (Lipinski definition) is 6. The van der Waals surface area contributed by atoms with E-state index in [2.05, 4.69) is 25.3 Å². The van der Waals surface area contributed by atoms with Crippen LogP contribution in [0.25, 0.3) is 22.4 Å². The molecule has 3 atom stereocenters. The fourth-order valence-corrected chi connectivity index (χ4v) is 5.48. The smallest absolute Gasteiger partial charge is 0.407 e. The van der Waals surface area contributed by atoms with Crippen molar-refractivity contribution in [1.82, 2.24) is 25.5 Å². The number of alkyl carbamates (subject to hydrolysis) is 1. The van der Waals surface area contributed by atoms with Crippen molar-refractivity contribution in [1.29, 1.82) is 0 Å². The molecule has 0 radical (unpaired) electrons. The van der Waals surface area contributed by atoms with Crippen molar-refractivity contribution in [3.8, 4) is 22.4 Å². The first kappa shape index (κ1) is 28.0. The molecule has 41 heavy (non-hydrogen) atoms. The van der Waals surface area contributed by atoms with E-state index < -0.39 is 18.2 Å². The number of carbonyl (C=O) groups excluding carboxylic acids is 3. The van der Waals surface area contributed by atoms with Crippen molar-refractivity contribution in [3.05, 3.63) is 71.0 Å². The van der Waals surface area contributed by atoms with Gasteiger partial charge in [0.2, 0.25) is 5.91 Å². The van der Waals surface area contributed by atoms with E-state index in [-0.39, 0.29) is 17.9 Å². The maximum absolute atomic E-state index is 13.0. The summed E-state index contributed by atoms with van der Waals surface area (Å²) in [4.78, 5) is 58.2. The molecule has 2 fully saturated rings. The minimum atomic E-state index is -0.695. The van der Waals surface area contributed by atoms with Crippen LogP contribution in [0.2, 0.25) is 0 Å². The summed E-state index contributed by atoms with van der Waals surface area (Å²) in [7, 11) is 1.27. The van der Waals surface area contributed by atoms with Gasteiger partial charge in [-0.05, 0) is 42.0 Å². The number of carbonyl (C=O) groups is 3. The normalized spacial score (nSPS) is 19.2. The summed E-state index contributed by atoms with van der Waals surface area (Å²) >= 11 is 0. The highest BCUT2D eigenvalue weighted by Gasteiger charge is 2.38. The number of rotatable bonds is 8. The molecule has 2 aromatic carbocycles. The van der Waals surface area contributed by atoms with Crippen LogP contribution in [0.3, 0.4) is 0 Å². The third kappa shape index (κ3) is 6.29. The molecule has 3 heterocycles. The lowest BCUT2D eigenvalue weighted by atomic mass is 10.0. The van der Waals surface area contributed by atoms with Crippen LogP contribution in [0.5, 0.6) is 0 Å². The number of hydrogen-bond donors (Lipinski definition) is 3. The number of methoxy groups -OCH3 is 1. The monoisotopic (exact) mass is 559 g/mol. The second-order valence-electron chi connectivity index (χ2n) is 10.5. The number of likely N-dealkylation sites (tertiary alicyclic amines) is 1. The van der Waals surface area contributed by atoms with Gasteiger partial charge in [-0.25, -0.2) is 9.78 Å². The number of aromatic amines is 1. The zero-order valence-corrected chi connectivity index (χ0v) is 23.3. The number of imidazole rings is 1. The molecule has 1 aromatic heterocycles. The third-order valence-corrected chi connectivity index (χ3v) is 7.79. The van der Waals surface area contributed by atoms with Crippen LogP contribution >= 0.6 is 0 Å². The van der Waals surface area contributed by atoms with Gasteiger partial charge in [0.05, 0.1) is 25.0 Å². The summed E-state index contributed by atoms with van der Waals surface area (Å²) in [5, 5.41) is 5.41. The van der Waals surface area contributed by atoms with Crippen LogP contribution in [0.15, 0.2) is 54.7 Å². The van der Waals surface area contributed by atoms with E-state index in [0.717, 1.165) is 57.8 Å². The summed E-state index contributed by atoms with van der Waals surface area (Å²) in [5.41, 5.74) is 4.90. The zero-order chi connectivity index (χ0) is 28.9. The molecule has 2 saturated heterocycles. The SMILES string of the molecule is COC(=O)NC(C)C(=O)N1CCCC1c1ncc(-c2ccc(-c3ccc(CNC(=O)C4CCC[N+]4=O)cc3)cc2)[nH]1. The van der Waals surface area contributed by atoms with Gasteiger partial charge in [0, 0.05) is 35.6 Å². The second-order valence-corrected chi connectivity index (χ2v) is 10.5. The predicted molar refractivity (Wildman–Crippen MR) is 152 cm³/mol. The van der Waals surface area contributed by atoms with Crippen molar-refractivity contribution < 1.29 is 23.9 Å². The summed E-state index contributed by atoms with van der Waals surface area (Å²) in [5.74, 6) is 0.340. The lowest BCUT2D eigenvalue weighted by Crippen LogP contribution is -2.46. The maximum atomic E-state index is 13.0. The van der Waals surface area contributed by atoms with E-state index in [0.29, 0.717) is 26.1 Å². The van der Waals surface area contributed by atoms with Gasteiger partial charge in [-0.2, -0.15) is 0 Å². The lowest BCUT2D eigenvalue weighted by Gasteiger charge is -2.26. The van der Waals surface area contributed by atoms with Gasteiger partial charge in [0.1, 0.15) is 11.9 Å². The van der Waals surface area contributed by atoms with Gasteiger partial charge < -0.3 is 25.3 Å². The van der Waals surface area contributed by atoms with Crippen molar-refractivity contribution in [2.24, 2.45) is 0 Å². The highest BCUT2D eigenvalue weighted by molar-refractivity contribution is 5.85. The van der Waals surface area contributed by atoms with E-state index in [9.17, 15) is 19.3 Å². The number of aromatic nitrogens is 2. The van der Waals surface area contributed by atoms with Gasteiger partial charge in [0.25, 0.3) is 11.9 Å². The van der Waals surface area contributed by atoms with E-state index in [1.807, 2.05) is 48.5 Å². The van der Waals surface area contributed by atoms with Crippen LogP contribution in [-0.2, 0) is 20.9 Å². The zero-order valence-electron chi connectivity index (χ0n) is 23.3. The summed E-state index contributed by atoms with van der Waals surface area (Å²) < 4.78 is 5.48. The summed E-state index contributed by atoms with van der Waals surface area (Å²) in [6.07, 6.45) is 4.16. The molecule has 5 rings (SSSR count). The van der Waals surface area contributed by atoms with Crippen LogP contribution in [0, 0.1) is 4.91 Å². The standard InChI is InChI=1S/C30H34N6O5/c1-19(33-30(39)41-2)29(38)35-15-3-5-25(35)27-31-18-24(34-27)23-13-11-22(12-14-23)21-9-7-20(8-10-21)17-32-28(37)26-6-4-16-36(26)40/h7-14,18-19,25-26H,3-6,15-17H2,1-2H3,(H2-,31,32,33,34,37,39)/p+1. The van der Waals surface area contributed by atoms with Crippen LogP contribution in [-0.4, -0.2) is 69.8 Å². The Labute approximate surface area is 238 Å². The van der Waals surface area contributed by atoms with E-state index >= 15 is 0 Å². The number of nitrogens with one attached hydrogen (secondary N) is 3. The lowest BCUT2D eigenvalue weighted by molar-refractivity contribution is -0.551. The third-order valence-electron chi connectivity index (χ3n) is 7.79. The van der Waals surface area contributed by atoms with E-state index in [1.54, 1.807) is 18.0 Å². The molecule has 3 unspecified atom stereocenters. The van der Waals surface area contributed by atoms with Crippen LogP contribution in [0.4, 0.5) is 4.79 Å². The molecule has 0 bridgehead atoms. The Bertz CT molecular complexity index is 1420. The summed E-state index contributed by atoms with van der Waals surface area (Å²) in [6, 6.07) is 14.7. The molecular formula is C30H35N6O5+. The number of benzene rings is 2. The van der Waals surface area contributed by atoms with E-state index in [4.69, 9.17) is 0 Å². The number of nitrogens with zero attached hydrogens (tertiary/aromatic N) is 3. The van der Waals surface area contributed by atoms with Gasteiger partial charge >= 0.3 is 6.09 Å². The molecule has 11 heteroatoms. The molecular weight excluding hydrogens is 524 g/mol. The minimum absolute atomic E-state index is 0.170. The fraction of sp³-hybridized carbons (Fsp3) is 0.400. The Morgan fingerprint density at radius 1 is 1.05 bits per heavy atom. The van der Waals surface area contributed by atoms with Crippen LogP contribution in [0.1, 0.15) is 50.0 Å². The van der Waals surface area contributed by atoms with Gasteiger partial charge in [-0.15, -0.1) is 0 Å². The van der Waals surface area contributed by atoms with Gasteiger partial charge in [-0.3, -0.25) is 9.59 Å². The predicted octanol–water partition coefficient (Wildman–Crippen LogP) is 3.71. The molecule has 2 aliphatic heterocycles. The average molecular weight is 560 g/mol. The molecule has 2 aliphatic rings. The highest BCUT2D eigenvalue weighted by Crippen LogP contribution is 2.32.